The third-order valence-corrected chi connectivity index (χ3v) is 4.22. The van der Waals surface area contributed by atoms with Crippen molar-refractivity contribution in [2.75, 3.05) is 30.5 Å². The van der Waals surface area contributed by atoms with Crippen LogP contribution in [0.25, 0.3) is 0 Å². The van der Waals surface area contributed by atoms with E-state index in [4.69, 9.17) is 9.47 Å². The van der Waals surface area contributed by atoms with Gasteiger partial charge in [0, 0.05) is 11.4 Å². The van der Waals surface area contributed by atoms with Gasteiger partial charge in [0.15, 0.2) is 0 Å². The summed E-state index contributed by atoms with van der Waals surface area (Å²) in [6, 6.07) is 13.4. The SMILES string of the molecule is COc1ccc(NC(=O)CSCCOc2cc(C)cc(C)c2)cc1. The van der Waals surface area contributed by atoms with Crippen LogP contribution in [0.5, 0.6) is 11.5 Å². The Morgan fingerprint density at radius 2 is 1.71 bits per heavy atom. The van der Waals surface area contributed by atoms with E-state index >= 15 is 0 Å². The predicted molar refractivity (Wildman–Crippen MR) is 100 cm³/mol. The molecule has 2 rings (SSSR count). The second-order valence-electron chi connectivity index (χ2n) is 5.50. The second kappa shape index (κ2) is 9.23. The fraction of sp³-hybridized carbons (Fsp3) is 0.316. The first-order valence-corrected chi connectivity index (χ1v) is 8.95. The molecule has 4 nitrogen and oxygen atoms in total. The van der Waals surface area contributed by atoms with E-state index in [1.54, 1.807) is 18.9 Å². The maximum absolute atomic E-state index is 11.9. The normalized spacial score (nSPS) is 10.3. The molecule has 1 amide bonds. The van der Waals surface area contributed by atoms with Crippen LogP contribution in [0.3, 0.4) is 0 Å². The molecule has 24 heavy (non-hydrogen) atoms. The number of ether oxygens (including phenoxy) is 2. The van der Waals surface area contributed by atoms with Gasteiger partial charge in [-0.3, -0.25) is 4.79 Å². The molecule has 0 aliphatic heterocycles. The predicted octanol–water partition coefficient (Wildman–Crippen LogP) is 4.06. The lowest BCUT2D eigenvalue weighted by Gasteiger charge is -2.09. The molecule has 0 fully saturated rings. The summed E-state index contributed by atoms with van der Waals surface area (Å²) in [7, 11) is 1.62. The number of anilines is 1. The highest BCUT2D eigenvalue weighted by Gasteiger charge is 2.03. The van der Waals surface area contributed by atoms with Gasteiger partial charge < -0.3 is 14.8 Å². The first-order valence-electron chi connectivity index (χ1n) is 7.79. The number of hydrogen-bond acceptors (Lipinski definition) is 4. The Hall–Kier alpha value is -2.14. The maximum Gasteiger partial charge on any atom is 0.234 e. The Bertz CT molecular complexity index is 651. The van der Waals surface area contributed by atoms with Crippen molar-refractivity contribution in [1.82, 2.24) is 0 Å². The Kier molecular flexibility index (Phi) is 7.00. The van der Waals surface area contributed by atoms with Crippen LogP contribution in [-0.4, -0.2) is 31.1 Å². The first-order chi connectivity index (χ1) is 11.6. The minimum Gasteiger partial charge on any atom is -0.497 e. The highest BCUT2D eigenvalue weighted by Crippen LogP contribution is 2.17. The van der Waals surface area contributed by atoms with E-state index < -0.39 is 0 Å². The van der Waals surface area contributed by atoms with Crippen LogP contribution >= 0.6 is 11.8 Å². The average molecular weight is 345 g/mol. The van der Waals surface area contributed by atoms with Gasteiger partial charge >= 0.3 is 0 Å². The third kappa shape index (κ3) is 6.16. The molecule has 0 atom stereocenters. The van der Waals surface area contributed by atoms with E-state index in [1.165, 1.54) is 11.1 Å². The standard InChI is InChI=1S/C19H23NO3S/c1-14-10-15(2)12-18(11-14)23-8-9-24-13-19(21)20-16-4-6-17(22-3)7-5-16/h4-7,10-12H,8-9,13H2,1-3H3,(H,20,21). The molecule has 0 saturated heterocycles. The zero-order valence-electron chi connectivity index (χ0n) is 14.3. The van der Waals surface area contributed by atoms with Gasteiger partial charge in [0.1, 0.15) is 11.5 Å². The van der Waals surface area contributed by atoms with Crippen molar-refractivity contribution in [2.24, 2.45) is 0 Å². The molecule has 2 aromatic rings. The Labute approximate surface area is 147 Å². The molecular formula is C19H23NO3S. The van der Waals surface area contributed by atoms with E-state index in [2.05, 4.69) is 25.2 Å². The van der Waals surface area contributed by atoms with Crippen LogP contribution < -0.4 is 14.8 Å². The number of thioether (sulfide) groups is 1. The molecule has 128 valence electrons. The summed E-state index contributed by atoms with van der Waals surface area (Å²) < 4.78 is 10.8. The fourth-order valence-electron chi connectivity index (χ4n) is 2.27. The van der Waals surface area contributed by atoms with Crippen LogP contribution in [0, 0.1) is 13.8 Å². The van der Waals surface area contributed by atoms with Crippen molar-refractivity contribution < 1.29 is 14.3 Å². The van der Waals surface area contributed by atoms with E-state index in [0.717, 1.165) is 22.9 Å². The lowest BCUT2D eigenvalue weighted by molar-refractivity contribution is -0.113. The summed E-state index contributed by atoms with van der Waals surface area (Å²) in [5.74, 6) is 2.81. The van der Waals surface area contributed by atoms with Crippen molar-refractivity contribution in [1.29, 1.82) is 0 Å². The zero-order valence-corrected chi connectivity index (χ0v) is 15.1. The lowest BCUT2D eigenvalue weighted by Crippen LogP contribution is -2.15. The van der Waals surface area contributed by atoms with Crippen LogP contribution in [0.4, 0.5) is 5.69 Å². The number of carbonyl (C=O) groups excluding carboxylic acids is 1. The summed E-state index contributed by atoms with van der Waals surface area (Å²) >= 11 is 1.55. The minimum atomic E-state index is -0.0171. The quantitative estimate of drug-likeness (QED) is 0.733. The molecule has 0 radical (unpaired) electrons. The molecule has 5 heteroatoms. The summed E-state index contributed by atoms with van der Waals surface area (Å²) in [4.78, 5) is 11.9. The average Bonchev–Trinajstić information content (AvgIpc) is 2.54. The molecule has 0 aliphatic carbocycles. The molecule has 2 aromatic carbocycles. The lowest BCUT2D eigenvalue weighted by atomic mass is 10.1. The number of rotatable bonds is 8. The number of methoxy groups -OCH3 is 1. The molecule has 1 N–H and O–H groups in total. The maximum atomic E-state index is 11.9. The zero-order chi connectivity index (χ0) is 17.4. The molecular weight excluding hydrogens is 322 g/mol. The van der Waals surface area contributed by atoms with Crippen LogP contribution in [-0.2, 0) is 4.79 Å². The topological polar surface area (TPSA) is 47.6 Å². The summed E-state index contributed by atoms with van der Waals surface area (Å²) in [6.45, 7) is 4.69. The van der Waals surface area contributed by atoms with E-state index in [-0.39, 0.29) is 5.91 Å². The van der Waals surface area contributed by atoms with Crippen molar-refractivity contribution in [3.05, 3.63) is 53.6 Å². The number of hydrogen-bond donors (Lipinski definition) is 1. The number of amides is 1. The van der Waals surface area contributed by atoms with Gasteiger partial charge in [0.25, 0.3) is 0 Å². The Morgan fingerprint density at radius 1 is 1.04 bits per heavy atom. The molecule has 0 aromatic heterocycles. The van der Waals surface area contributed by atoms with Crippen molar-refractivity contribution >= 4 is 23.4 Å². The molecule has 0 bridgehead atoms. The van der Waals surface area contributed by atoms with Crippen molar-refractivity contribution in [2.45, 2.75) is 13.8 Å². The monoisotopic (exact) mass is 345 g/mol. The first kappa shape index (κ1) is 18.2. The molecule has 0 heterocycles. The summed E-state index contributed by atoms with van der Waals surface area (Å²) in [5, 5.41) is 2.86. The second-order valence-corrected chi connectivity index (χ2v) is 6.61. The van der Waals surface area contributed by atoms with E-state index in [9.17, 15) is 4.79 Å². The van der Waals surface area contributed by atoms with Gasteiger partial charge in [-0.15, -0.1) is 11.8 Å². The summed E-state index contributed by atoms with van der Waals surface area (Å²) in [6.07, 6.45) is 0. The van der Waals surface area contributed by atoms with Gasteiger partial charge in [0.05, 0.1) is 19.5 Å². The van der Waals surface area contributed by atoms with Crippen LogP contribution in [0.2, 0.25) is 0 Å². The van der Waals surface area contributed by atoms with Gasteiger partial charge in [-0.05, 0) is 61.4 Å². The minimum absolute atomic E-state index is 0.0171. The number of nitrogens with one attached hydrogen (secondary N) is 1. The van der Waals surface area contributed by atoms with Gasteiger partial charge in [0.2, 0.25) is 5.91 Å². The Balaban J connectivity index is 1.65. The number of aryl methyl sites for hydroxylation is 2. The van der Waals surface area contributed by atoms with Gasteiger partial charge in [-0.1, -0.05) is 6.07 Å². The molecule has 0 unspecified atom stereocenters. The smallest absolute Gasteiger partial charge is 0.234 e. The van der Waals surface area contributed by atoms with Crippen LogP contribution in [0.15, 0.2) is 42.5 Å². The number of benzene rings is 2. The fourth-order valence-corrected chi connectivity index (χ4v) is 2.87. The van der Waals surface area contributed by atoms with Gasteiger partial charge in [-0.25, -0.2) is 0 Å². The largest absolute Gasteiger partial charge is 0.497 e. The van der Waals surface area contributed by atoms with Crippen molar-refractivity contribution in [3.8, 4) is 11.5 Å². The van der Waals surface area contributed by atoms with E-state index in [0.29, 0.717) is 12.4 Å². The highest BCUT2D eigenvalue weighted by atomic mass is 32.2. The van der Waals surface area contributed by atoms with Crippen LogP contribution in [0.1, 0.15) is 11.1 Å². The molecule has 0 saturated carbocycles. The van der Waals surface area contributed by atoms with Gasteiger partial charge in [-0.2, -0.15) is 0 Å². The number of carbonyl (C=O) groups is 1. The molecule has 0 aliphatic rings. The third-order valence-electron chi connectivity index (χ3n) is 3.30. The Morgan fingerprint density at radius 3 is 2.33 bits per heavy atom. The molecule has 0 spiro atoms. The summed E-state index contributed by atoms with van der Waals surface area (Å²) in [5.41, 5.74) is 3.15. The van der Waals surface area contributed by atoms with E-state index in [1.807, 2.05) is 36.4 Å². The highest BCUT2D eigenvalue weighted by molar-refractivity contribution is 7.99. The van der Waals surface area contributed by atoms with Crippen molar-refractivity contribution in [3.63, 3.8) is 0 Å².